The zero-order chi connectivity index (χ0) is 17.1. The van der Waals surface area contributed by atoms with Gasteiger partial charge in [0.1, 0.15) is 0 Å². The highest BCUT2D eigenvalue weighted by molar-refractivity contribution is 9.10. The topological polar surface area (TPSA) is 73.0 Å². The molecule has 1 aromatic heterocycles. The van der Waals surface area contributed by atoms with Gasteiger partial charge in [0.25, 0.3) is 5.69 Å². The van der Waals surface area contributed by atoms with Crippen molar-refractivity contribution < 1.29 is 4.92 Å². The molecule has 1 N–H and O–H groups in total. The van der Waals surface area contributed by atoms with Gasteiger partial charge >= 0.3 is 0 Å². The summed E-state index contributed by atoms with van der Waals surface area (Å²) in [5.74, 6) is 0. The SMILES string of the molecule is Cn1cc(-c2cccc(CNc3ccc([N+](=O)[O-])cc3Br)c2)cn1. The molecule has 0 saturated carbocycles. The van der Waals surface area contributed by atoms with Crippen LogP contribution in [0.5, 0.6) is 0 Å². The third-order valence-electron chi connectivity index (χ3n) is 3.61. The molecule has 0 unspecified atom stereocenters. The molecule has 2 aromatic carbocycles. The normalized spacial score (nSPS) is 10.6. The van der Waals surface area contributed by atoms with E-state index in [1.165, 1.54) is 12.1 Å². The zero-order valence-corrected chi connectivity index (χ0v) is 14.5. The van der Waals surface area contributed by atoms with Crippen LogP contribution in [0.4, 0.5) is 11.4 Å². The monoisotopic (exact) mass is 386 g/mol. The van der Waals surface area contributed by atoms with Crippen LogP contribution in [0, 0.1) is 10.1 Å². The number of hydrogen-bond acceptors (Lipinski definition) is 4. The Bertz CT molecular complexity index is 892. The second-order valence-corrected chi connectivity index (χ2v) is 6.23. The summed E-state index contributed by atoms with van der Waals surface area (Å²) in [6, 6.07) is 12.9. The molecule has 0 aliphatic heterocycles. The van der Waals surface area contributed by atoms with E-state index in [1.54, 1.807) is 10.7 Å². The third kappa shape index (κ3) is 3.62. The first-order valence-electron chi connectivity index (χ1n) is 7.29. The molecule has 7 heteroatoms. The van der Waals surface area contributed by atoms with Gasteiger partial charge < -0.3 is 5.32 Å². The summed E-state index contributed by atoms with van der Waals surface area (Å²) in [6.45, 7) is 0.616. The molecule has 6 nitrogen and oxygen atoms in total. The van der Waals surface area contributed by atoms with E-state index >= 15 is 0 Å². The summed E-state index contributed by atoms with van der Waals surface area (Å²) in [5, 5.41) is 18.3. The predicted molar refractivity (Wildman–Crippen MR) is 96.8 cm³/mol. The molecule has 3 rings (SSSR count). The molecule has 0 bridgehead atoms. The minimum Gasteiger partial charge on any atom is -0.380 e. The molecular formula is C17H15BrN4O2. The van der Waals surface area contributed by atoms with Crippen LogP contribution in [0.3, 0.4) is 0 Å². The summed E-state index contributed by atoms with van der Waals surface area (Å²) in [7, 11) is 1.89. The number of non-ortho nitro benzene ring substituents is 1. The Labute approximate surface area is 147 Å². The summed E-state index contributed by atoms with van der Waals surface area (Å²) in [6.07, 6.45) is 3.80. The number of nitrogens with one attached hydrogen (secondary N) is 1. The highest BCUT2D eigenvalue weighted by Crippen LogP contribution is 2.28. The lowest BCUT2D eigenvalue weighted by Gasteiger charge is -2.09. The maximum Gasteiger partial charge on any atom is 0.270 e. The van der Waals surface area contributed by atoms with Gasteiger partial charge in [0.2, 0.25) is 0 Å². The first kappa shape index (κ1) is 16.2. The first-order valence-corrected chi connectivity index (χ1v) is 8.08. The number of hydrogen-bond donors (Lipinski definition) is 1. The van der Waals surface area contributed by atoms with E-state index in [-0.39, 0.29) is 5.69 Å². The van der Waals surface area contributed by atoms with Crippen LogP contribution in [0.25, 0.3) is 11.1 Å². The zero-order valence-electron chi connectivity index (χ0n) is 12.9. The minimum absolute atomic E-state index is 0.0611. The van der Waals surface area contributed by atoms with Crippen LogP contribution in [0.2, 0.25) is 0 Å². The van der Waals surface area contributed by atoms with Crippen molar-refractivity contribution in [3.63, 3.8) is 0 Å². The van der Waals surface area contributed by atoms with Crippen LogP contribution in [0.15, 0.2) is 59.3 Å². The van der Waals surface area contributed by atoms with Gasteiger partial charge in [-0.2, -0.15) is 5.10 Å². The number of aryl methyl sites for hydroxylation is 1. The molecule has 0 saturated heterocycles. The maximum absolute atomic E-state index is 10.8. The molecule has 0 amide bonds. The second kappa shape index (κ2) is 6.84. The molecule has 3 aromatic rings. The van der Waals surface area contributed by atoms with Crippen LogP contribution < -0.4 is 5.32 Å². The number of halogens is 1. The Morgan fingerprint density at radius 2 is 2.08 bits per heavy atom. The Hall–Kier alpha value is -2.67. The highest BCUT2D eigenvalue weighted by atomic mass is 79.9. The number of nitro benzene ring substituents is 1. The number of aromatic nitrogens is 2. The van der Waals surface area contributed by atoms with E-state index in [2.05, 4.69) is 32.4 Å². The number of nitro groups is 1. The molecule has 1 heterocycles. The van der Waals surface area contributed by atoms with Gasteiger partial charge in [0.05, 0.1) is 11.1 Å². The van der Waals surface area contributed by atoms with Gasteiger partial charge in [-0.15, -0.1) is 0 Å². The Kier molecular flexibility index (Phi) is 4.61. The molecular weight excluding hydrogens is 372 g/mol. The standard InChI is InChI=1S/C17H15BrN4O2/c1-21-11-14(10-20-21)13-4-2-3-12(7-13)9-19-17-6-5-15(22(23)24)8-16(17)18/h2-8,10-11,19H,9H2,1H3. The average Bonchev–Trinajstić information content (AvgIpc) is 3.00. The highest BCUT2D eigenvalue weighted by Gasteiger charge is 2.09. The Morgan fingerprint density at radius 1 is 1.25 bits per heavy atom. The van der Waals surface area contributed by atoms with E-state index in [4.69, 9.17) is 0 Å². The summed E-state index contributed by atoms with van der Waals surface area (Å²) < 4.78 is 2.44. The quantitative estimate of drug-likeness (QED) is 0.521. The maximum atomic E-state index is 10.8. The Balaban J connectivity index is 1.74. The molecule has 0 radical (unpaired) electrons. The van der Waals surface area contributed by atoms with Crippen molar-refractivity contribution in [2.24, 2.45) is 7.05 Å². The van der Waals surface area contributed by atoms with Gasteiger partial charge in [-0.25, -0.2) is 0 Å². The van der Waals surface area contributed by atoms with Crippen molar-refractivity contribution in [3.8, 4) is 11.1 Å². The molecule has 0 aliphatic rings. The number of rotatable bonds is 5. The predicted octanol–water partition coefficient (Wildman–Crippen LogP) is 4.37. The fourth-order valence-electron chi connectivity index (χ4n) is 2.39. The fourth-order valence-corrected chi connectivity index (χ4v) is 2.90. The van der Waals surface area contributed by atoms with Gasteiger partial charge in [-0.05, 0) is 39.2 Å². The summed E-state index contributed by atoms with van der Waals surface area (Å²) >= 11 is 3.36. The largest absolute Gasteiger partial charge is 0.380 e. The van der Waals surface area contributed by atoms with Crippen LogP contribution >= 0.6 is 15.9 Å². The van der Waals surface area contributed by atoms with E-state index in [0.29, 0.717) is 11.0 Å². The lowest BCUT2D eigenvalue weighted by atomic mass is 10.1. The lowest BCUT2D eigenvalue weighted by molar-refractivity contribution is -0.384. The number of anilines is 1. The Morgan fingerprint density at radius 3 is 2.75 bits per heavy atom. The van der Waals surface area contributed by atoms with Crippen molar-refractivity contribution in [1.29, 1.82) is 0 Å². The fraction of sp³-hybridized carbons (Fsp3) is 0.118. The lowest BCUT2D eigenvalue weighted by Crippen LogP contribution is -2.00. The number of benzene rings is 2. The van der Waals surface area contributed by atoms with Crippen molar-refractivity contribution in [2.75, 3.05) is 5.32 Å². The van der Waals surface area contributed by atoms with E-state index in [9.17, 15) is 10.1 Å². The van der Waals surface area contributed by atoms with Crippen LogP contribution in [0.1, 0.15) is 5.56 Å². The van der Waals surface area contributed by atoms with Crippen LogP contribution in [-0.2, 0) is 13.6 Å². The molecule has 0 fully saturated rings. The molecule has 122 valence electrons. The van der Waals surface area contributed by atoms with Crippen molar-refractivity contribution in [3.05, 3.63) is 75.0 Å². The van der Waals surface area contributed by atoms with Gasteiger partial charge in [0.15, 0.2) is 0 Å². The number of nitrogens with zero attached hydrogens (tertiary/aromatic N) is 3. The van der Waals surface area contributed by atoms with E-state index in [0.717, 1.165) is 22.4 Å². The summed E-state index contributed by atoms with van der Waals surface area (Å²) in [5.41, 5.74) is 4.15. The van der Waals surface area contributed by atoms with Gasteiger partial charge in [0, 0.05) is 47.6 Å². The molecule has 0 aliphatic carbocycles. The average molecular weight is 387 g/mol. The smallest absolute Gasteiger partial charge is 0.270 e. The van der Waals surface area contributed by atoms with E-state index in [1.807, 2.05) is 37.6 Å². The molecule has 0 atom stereocenters. The summed E-state index contributed by atoms with van der Waals surface area (Å²) in [4.78, 5) is 10.4. The van der Waals surface area contributed by atoms with Crippen molar-refractivity contribution in [1.82, 2.24) is 9.78 Å². The first-order chi connectivity index (χ1) is 11.5. The second-order valence-electron chi connectivity index (χ2n) is 5.38. The van der Waals surface area contributed by atoms with Crippen molar-refractivity contribution >= 4 is 27.3 Å². The van der Waals surface area contributed by atoms with Crippen molar-refractivity contribution in [2.45, 2.75) is 6.54 Å². The van der Waals surface area contributed by atoms with Crippen LogP contribution in [-0.4, -0.2) is 14.7 Å². The molecule has 0 spiro atoms. The molecule has 24 heavy (non-hydrogen) atoms. The minimum atomic E-state index is -0.411. The van der Waals surface area contributed by atoms with Gasteiger partial charge in [-0.3, -0.25) is 14.8 Å². The third-order valence-corrected chi connectivity index (χ3v) is 4.27. The van der Waals surface area contributed by atoms with Gasteiger partial charge in [-0.1, -0.05) is 18.2 Å². The van der Waals surface area contributed by atoms with E-state index < -0.39 is 4.92 Å².